The lowest BCUT2D eigenvalue weighted by atomic mass is 9.69. The summed E-state index contributed by atoms with van der Waals surface area (Å²) < 4.78 is 11.0. The number of hydrogen-bond acceptors (Lipinski definition) is 7. The first-order valence-electron chi connectivity index (χ1n) is 9.50. The van der Waals surface area contributed by atoms with Crippen LogP contribution in [-0.2, 0) is 4.79 Å². The molecule has 154 valence electrons. The molecule has 3 rings (SSSR count). The highest BCUT2D eigenvalue weighted by atomic mass is 16.5. The zero-order chi connectivity index (χ0) is 21.5. The Morgan fingerprint density at radius 1 is 1.24 bits per heavy atom. The van der Waals surface area contributed by atoms with E-state index in [9.17, 15) is 10.1 Å². The van der Waals surface area contributed by atoms with Crippen molar-refractivity contribution in [1.82, 2.24) is 10.0 Å². The highest BCUT2D eigenvalue weighted by molar-refractivity contribution is 6.00. The van der Waals surface area contributed by atoms with Gasteiger partial charge in [-0.2, -0.15) is 5.26 Å². The molecule has 0 radical (unpaired) electrons. The van der Waals surface area contributed by atoms with Gasteiger partial charge >= 0.3 is 0 Å². The lowest BCUT2D eigenvalue weighted by Crippen LogP contribution is -2.47. The molecule has 0 fully saturated rings. The lowest BCUT2D eigenvalue weighted by Gasteiger charge is -2.45. The Morgan fingerprint density at radius 3 is 2.48 bits per heavy atom. The quantitative estimate of drug-likeness (QED) is 0.836. The predicted octanol–water partition coefficient (Wildman–Crippen LogP) is 2.92. The summed E-state index contributed by atoms with van der Waals surface area (Å²) in [5, 5.41) is 13.6. The van der Waals surface area contributed by atoms with Gasteiger partial charge in [-0.15, -0.1) is 0 Å². The molecule has 1 aliphatic heterocycles. The highest BCUT2D eigenvalue weighted by Gasteiger charge is 2.45. The first kappa shape index (κ1) is 20.7. The lowest BCUT2D eigenvalue weighted by molar-refractivity contribution is -0.119. The topological polar surface area (TPSA) is 91.8 Å². The average molecular weight is 396 g/mol. The van der Waals surface area contributed by atoms with Crippen molar-refractivity contribution in [3.8, 4) is 17.6 Å². The van der Waals surface area contributed by atoms with Crippen LogP contribution in [0.3, 0.4) is 0 Å². The monoisotopic (exact) mass is 396 g/mol. The van der Waals surface area contributed by atoms with E-state index in [0.717, 1.165) is 5.70 Å². The van der Waals surface area contributed by atoms with Crippen LogP contribution in [0.2, 0.25) is 0 Å². The van der Waals surface area contributed by atoms with Crippen molar-refractivity contribution in [2.45, 2.75) is 32.6 Å². The van der Waals surface area contributed by atoms with Crippen molar-refractivity contribution in [3.05, 3.63) is 46.4 Å². The smallest absolute Gasteiger partial charge is 0.162 e. The number of methoxy groups -OCH3 is 2. The van der Waals surface area contributed by atoms with E-state index in [2.05, 4.69) is 19.9 Å². The number of nitrogens with two attached hydrogens (primary N) is 1. The second kappa shape index (κ2) is 7.45. The van der Waals surface area contributed by atoms with Crippen LogP contribution in [0.4, 0.5) is 0 Å². The summed E-state index contributed by atoms with van der Waals surface area (Å²) in [6, 6.07) is 7.65. The molecule has 0 saturated carbocycles. The van der Waals surface area contributed by atoms with Crippen LogP contribution in [0, 0.1) is 16.7 Å². The Balaban J connectivity index is 2.35. The normalized spacial score (nSPS) is 21.2. The van der Waals surface area contributed by atoms with Crippen LogP contribution in [-0.4, -0.2) is 44.1 Å². The fraction of sp³-hybridized carbons (Fsp3) is 0.455. The molecular weight excluding hydrogens is 368 g/mol. The molecule has 0 bridgehead atoms. The predicted molar refractivity (Wildman–Crippen MR) is 110 cm³/mol. The number of hydrazine groups is 1. The molecule has 1 aliphatic carbocycles. The third kappa shape index (κ3) is 3.45. The number of carbonyl (C=O) groups excluding carboxylic acids is 1. The van der Waals surface area contributed by atoms with E-state index in [4.69, 9.17) is 15.2 Å². The number of rotatable bonds is 4. The second-order valence-corrected chi connectivity index (χ2v) is 8.41. The standard InChI is InChI=1S/C22H28N4O3/c1-22(2)10-16-20(17(27)11-22)19(15(12-23)21(24)26(16)25(3)4)14-9-13(28-5)7-8-18(14)29-6/h7-9,19H,10-11,24H2,1-6H3. The van der Waals surface area contributed by atoms with E-state index in [1.807, 2.05) is 25.2 Å². The first-order valence-corrected chi connectivity index (χ1v) is 9.50. The number of benzene rings is 1. The Kier molecular flexibility index (Phi) is 5.33. The molecule has 29 heavy (non-hydrogen) atoms. The van der Waals surface area contributed by atoms with Gasteiger partial charge in [0.15, 0.2) is 5.78 Å². The minimum Gasteiger partial charge on any atom is -0.497 e. The van der Waals surface area contributed by atoms with Crippen LogP contribution in [0.1, 0.15) is 38.2 Å². The van der Waals surface area contributed by atoms with Crippen LogP contribution in [0.15, 0.2) is 40.9 Å². The maximum Gasteiger partial charge on any atom is 0.162 e. The molecule has 0 aromatic heterocycles. The average Bonchev–Trinajstić information content (AvgIpc) is 2.65. The van der Waals surface area contributed by atoms with Gasteiger partial charge < -0.3 is 15.2 Å². The highest BCUT2D eigenvalue weighted by Crippen LogP contribution is 2.51. The van der Waals surface area contributed by atoms with Gasteiger partial charge in [-0.25, -0.2) is 5.01 Å². The Hall–Kier alpha value is -2.98. The van der Waals surface area contributed by atoms with Crippen molar-refractivity contribution >= 4 is 5.78 Å². The molecule has 7 nitrogen and oxygen atoms in total. The van der Waals surface area contributed by atoms with Crippen LogP contribution < -0.4 is 15.2 Å². The summed E-state index contributed by atoms with van der Waals surface area (Å²) in [7, 11) is 6.85. The summed E-state index contributed by atoms with van der Waals surface area (Å²) >= 11 is 0. The zero-order valence-corrected chi connectivity index (χ0v) is 17.9. The number of ether oxygens (including phenoxy) is 2. The minimum absolute atomic E-state index is 0.0261. The molecule has 1 aromatic rings. The molecule has 0 saturated heterocycles. The Labute approximate surface area is 171 Å². The van der Waals surface area contributed by atoms with Crippen molar-refractivity contribution in [1.29, 1.82) is 5.26 Å². The van der Waals surface area contributed by atoms with E-state index in [0.29, 0.717) is 46.9 Å². The molecule has 1 atom stereocenters. The van der Waals surface area contributed by atoms with E-state index in [-0.39, 0.29) is 11.2 Å². The molecule has 2 N–H and O–H groups in total. The van der Waals surface area contributed by atoms with Gasteiger partial charge in [0, 0.05) is 37.3 Å². The van der Waals surface area contributed by atoms with Crippen molar-refractivity contribution < 1.29 is 14.3 Å². The van der Waals surface area contributed by atoms with Gasteiger partial charge in [0.25, 0.3) is 0 Å². The van der Waals surface area contributed by atoms with Gasteiger partial charge in [0.05, 0.1) is 31.8 Å². The molecule has 7 heteroatoms. The fourth-order valence-corrected chi connectivity index (χ4v) is 4.32. The molecule has 1 heterocycles. The van der Waals surface area contributed by atoms with E-state index >= 15 is 0 Å². The third-order valence-electron chi connectivity index (χ3n) is 5.50. The molecule has 0 spiro atoms. The van der Waals surface area contributed by atoms with Crippen molar-refractivity contribution in [3.63, 3.8) is 0 Å². The third-order valence-corrected chi connectivity index (χ3v) is 5.50. The molecule has 1 unspecified atom stereocenters. The van der Waals surface area contributed by atoms with E-state index in [1.165, 1.54) is 0 Å². The summed E-state index contributed by atoms with van der Waals surface area (Å²) in [6.45, 7) is 4.15. The van der Waals surface area contributed by atoms with Gasteiger partial charge in [0.2, 0.25) is 0 Å². The van der Waals surface area contributed by atoms with E-state index in [1.54, 1.807) is 31.4 Å². The number of ketones is 1. The maximum absolute atomic E-state index is 13.4. The molecule has 2 aliphatic rings. The minimum atomic E-state index is -0.597. The summed E-state index contributed by atoms with van der Waals surface area (Å²) in [5.41, 5.74) is 8.77. The van der Waals surface area contributed by atoms with Gasteiger partial charge in [-0.1, -0.05) is 13.8 Å². The van der Waals surface area contributed by atoms with Gasteiger partial charge in [-0.05, 0) is 30.0 Å². The van der Waals surface area contributed by atoms with Crippen molar-refractivity contribution in [2.75, 3.05) is 28.3 Å². The number of carbonyl (C=O) groups is 1. The zero-order valence-electron chi connectivity index (χ0n) is 17.9. The summed E-state index contributed by atoms with van der Waals surface area (Å²) in [4.78, 5) is 13.4. The summed E-state index contributed by atoms with van der Waals surface area (Å²) in [6.07, 6.45) is 1.09. The molecule has 1 aromatic carbocycles. The van der Waals surface area contributed by atoms with Gasteiger partial charge in [-0.3, -0.25) is 9.80 Å². The number of hydrogen-bond donors (Lipinski definition) is 1. The molecule has 0 amide bonds. The fourth-order valence-electron chi connectivity index (χ4n) is 4.32. The Morgan fingerprint density at radius 2 is 1.93 bits per heavy atom. The number of nitrogens with zero attached hydrogens (tertiary/aromatic N) is 3. The molecular formula is C22H28N4O3. The summed E-state index contributed by atoms with van der Waals surface area (Å²) in [5.74, 6) is 0.964. The Bertz CT molecular complexity index is 953. The SMILES string of the molecule is COc1ccc(OC)c(C2C(C#N)=C(N)N(N(C)C)C3=C2C(=O)CC(C)(C)C3)c1. The van der Waals surface area contributed by atoms with Crippen molar-refractivity contribution in [2.24, 2.45) is 11.1 Å². The van der Waals surface area contributed by atoms with Gasteiger partial charge in [0.1, 0.15) is 17.3 Å². The number of Topliss-reactive ketones (excluding diaryl/α,β-unsaturated/α-hetero) is 1. The van der Waals surface area contributed by atoms with Crippen LogP contribution >= 0.6 is 0 Å². The number of allylic oxidation sites excluding steroid dienone is 3. The second-order valence-electron chi connectivity index (χ2n) is 8.41. The first-order chi connectivity index (χ1) is 13.6. The van der Waals surface area contributed by atoms with Crippen LogP contribution in [0.25, 0.3) is 0 Å². The maximum atomic E-state index is 13.4. The number of nitriles is 1. The van der Waals surface area contributed by atoms with E-state index < -0.39 is 5.92 Å². The largest absolute Gasteiger partial charge is 0.497 e. The van der Waals surface area contributed by atoms with Crippen LogP contribution in [0.5, 0.6) is 11.5 Å².